The monoisotopic (exact) mass is 198 g/mol. The molecule has 14 heavy (non-hydrogen) atoms. The molecule has 0 aromatic heterocycles. The van der Waals surface area contributed by atoms with E-state index in [4.69, 9.17) is 4.74 Å². The third kappa shape index (κ3) is 2.74. The van der Waals surface area contributed by atoms with E-state index in [-0.39, 0.29) is 17.4 Å². The summed E-state index contributed by atoms with van der Waals surface area (Å²) in [5, 5.41) is 10.1. The Balaban J connectivity index is 2.64. The van der Waals surface area contributed by atoms with Crippen LogP contribution in [0.1, 0.15) is 40.5 Å². The third-order valence-electron chi connectivity index (χ3n) is 3.18. The Morgan fingerprint density at radius 3 is 2.50 bits per heavy atom. The van der Waals surface area contributed by atoms with Crippen LogP contribution in [0.2, 0.25) is 0 Å². The summed E-state index contributed by atoms with van der Waals surface area (Å²) in [5.41, 5.74) is 1.19. The molecule has 0 saturated heterocycles. The first kappa shape index (κ1) is 11.6. The van der Waals surface area contributed by atoms with Gasteiger partial charge >= 0.3 is 0 Å². The summed E-state index contributed by atoms with van der Waals surface area (Å²) in [7, 11) is 0. The van der Waals surface area contributed by atoms with Crippen LogP contribution in [0.4, 0.5) is 0 Å². The lowest BCUT2D eigenvalue weighted by Crippen LogP contribution is -2.31. The fourth-order valence-corrected chi connectivity index (χ4v) is 1.60. The van der Waals surface area contributed by atoms with E-state index in [9.17, 15) is 5.11 Å². The highest BCUT2D eigenvalue weighted by atomic mass is 16.5. The van der Waals surface area contributed by atoms with Crippen LogP contribution in [0.15, 0.2) is 11.8 Å². The van der Waals surface area contributed by atoms with Crippen LogP contribution in [-0.4, -0.2) is 17.8 Å². The fraction of sp³-hybridized carbons (Fsp3) is 0.833. The van der Waals surface area contributed by atoms with Gasteiger partial charge < -0.3 is 9.84 Å². The van der Waals surface area contributed by atoms with Gasteiger partial charge in [-0.25, -0.2) is 0 Å². The average molecular weight is 198 g/mol. The van der Waals surface area contributed by atoms with E-state index in [2.05, 4.69) is 27.7 Å². The zero-order valence-electron chi connectivity index (χ0n) is 9.71. The molecule has 2 nitrogen and oxygen atoms in total. The van der Waals surface area contributed by atoms with Crippen LogP contribution in [0.5, 0.6) is 0 Å². The van der Waals surface area contributed by atoms with Crippen molar-refractivity contribution in [1.82, 2.24) is 0 Å². The van der Waals surface area contributed by atoms with Gasteiger partial charge in [0.05, 0.1) is 19.0 Å². The summed E-state index contributed by atoms with van der Waals surface area (Å²) in [4.78, 5) is 0. The van der Waals surface area contributed by atoms with Crippen molar-refractivity contribution in [3.63, 3.8) is 0 Å². The number of ether oxygens (including phenoxy) is 1. The Morgan fingerprint density at radius 2 is 2.07 bits per heavy atom. The molecule has 0 bridgehead atoms. The standard InChI is InChI=1S/C12H22O2/c1-9(12(2,3)4)11(13)10-6-5-7-14-8-10/h8-9,11,13H,5-7H2,1-4H3. The van der Waals surface area contributed by atoms with Crippen LogP contribution in [0.25, 0.3) is 0 Å². The topological polar surface area (TPSA) is 29.5 Å². The van der Waals surface area contributed by atoms with Crippen molar-refractivity contribution >= 4 is 0 Å². The van der Waals surface area contributed by atoms with Crippen molar-refractivity contribution in [2.75, 3.05) is 6.61 Å². The molecule has 0 aromatic rings. The van der Waals surface area contributed by atoms with Gasteiger partial charge in [-0.05, 0) is 29.7 Å². The third-order valence-corrected chi connectivity index (χ3v) is 3.18. The maximum Gasteiger partial charge on any atom is 0.0876 e. The molecule has 0 saturated carbocycles. The van der Waals surface area contributed by atoms with Gasteiger partial charge in [-0.15, -0.1) is 0 Å². The molecule has 1 rings (SSSR count). The van der Waals surface area contributed by atoms with Crippen molar-refractivity contribution in [3.8, 4) is 0 Å². The normalized spacial score (nSPS) is 22.2. The summed E-state index contributed by atoms with van der Waals surface area (Å²) < 4.78 is 5.24. The van der Waals surface area contributed by atoms with E-state index in [1.54, 1.807) is 6.26 Å². The van der Waals surface area contributed by atoms with Crippen LogP contribution < -0.4 is 0 Å². The second kappa shape index (κ2) is 4.35. The summed E-state index contributed by atoms with van der Waals surface area (Å²) in [6, 6.07) is 0. The molecule has 1 aliphatic heterocycles. The highest BCUT2D eigenvalue weighted by Crippen LogP contribution is 2.32. The second-order valence-electron chi connectivity index (χ2n) is 5.27. The van der Waals surface area contributed by atoms with Gasteiger partial charge in [0.2, 0.25) is 0 Å². The minimum Gasteiger partial charge on any atom is -0.501 e. The molecule has 0 fully saturated rings. The zero-order valence-corrected chi connectivity index (χ0v) is 9.71. The molecule has 0 radical (unpaired) electrons. The highest BCUT2D eigenvalue weighted by molar-refractivity contribution is 5.09. The minimum absolute atomic E-state index is 0.137. The Bertz CT molecular complexity index is 213. The van der Waals surface area contributed by atoms with Crippen molar-refractivity contribution < 1.29 is 9.84 Å². The Morgan fingerprint density at radius 1 is 1.43 bits per heavy atom. The second-order valence-corrected chi connectivity index (χ2v) is 5.27. The maximum atomic E-state index is 10.1. The lowest BCUT2D eigenvalue weighted by atomic mass is 9.76. The van der Waals surface area contributed by atoms with Crippen LogP contribution in [0.3, 0.4) is 0 Å². The minimum atomic E-state index is -0.352. The van der Waals surface area contributed by atoms with Gasteiger partial charge in [-0.2, -0.15) is 0 Å². The maximum absolute atomic E-state index is 10.1. The first-order valence-electron chi connectivity index (χ1n) is 5.41. The highest BCUT2D eigenvalue weighted by Gasteiger charge is 2.29. The first-order chi connectivity index (χ1) is 6.43. The summed E-state index contributed by atoms with van der Waals surface area (Å²) in [6.45, 7) is 9.36. The fourth-order valence-electron chi connectivity index (χ4n) is 1.60. The number of aliphatic hydroxyl groups is 1. The molecule has 0 aliphatic carbocycles. The quantitative estimate of drug-likeness (QED) is 0.739. The number of aliphatic hydroxyl groups excluding tert-OH is 1. The molecular weight excluding hydrogens is 176 g/mol. The molecule has 1 aliphatic rings. The molecule has 82 valence electrons. The number of hydrogen-bond donors (Lipinski definition) is 1. The van der Waals surface area contributed by atoms with E-state index < -0.39 is 0 Å². The number of rotatable bonds is 2. The van der Waals surface area contributed by atoms with E-state index in [1.807, 2.05) is 0 Å². The number of hydrogen-bond acceptors (Lipinski definition) is 2. The van der Waals surface area contributed by atoms with Crippen molar-refractivity contribution in [3.05, 3.63) is 11.8 Å². The molecule has 1 heterocycles. The first-order valence-corrected chi connectivity index (χ1v) is 5.41. The van der Waals surface area contributed by atoms with Gasteiger partial charge in [0.15, 0.2) is 0 Å². The van der Waals surface area contributed by atoms with E-state index in [0.29, 0.717) is 0 Å². The largest absolute Gasteiger partial charge is 0.501 e. The van der Waals surface area contributed by atoms with Crippen molar-refractivity contribution in [1.29, 1.82) is 0 Å². The van der Waals surface area contributed by atoms with E-state index in [0.717, 1.165) is 25.0 Å². The average Bonchev–Trinajstić information content (AvgIpc) is 2.15. The van der Waals surface area contributed by atoms with E-state index >= 15 is 0 Å². The van der Waals surface area contributed by atoms with Crippen LogP contribution in [0, 0.1) is 11.3 Å². The Hall–Kier alpha value is -0.500. The summed E-state index contributed by atoms with van der Waals surface area (Å²) in [5.74, 6) is 0.260. The van der Waals surface area contributed by atoms with Gasteiger partial charge in [0.1, 0.15) is 0 Å². The lowest BCUT2D eigenvalue weighted by molar-refractivity contribution is 0.0693. The Kier molecular flexibility index (Phi) is 3.59. The molecular formula is C12H22O2. The van der Waals surface area contributed by atoms with Gasteiger partial charge in [0.25, 0.3) is 0 Å². The van der Waals surface area contributed by atoms with Gasteiger partial charge in [-0.1, -0.05) is 27.7 Å². The SMILES string of the molecule is CC(C(O)C1=COCCC1)C(C)(C)C. The molecule has 2 unspecified atom stereocenters. The van der Waals surface area contributed by atoms with Crippen LogP contribution in [-0.2, 0) is 4.74 Å². The predicted octanol–water partition coefficient (Wildman–Crippen LogP) is 2.72. The molecule has 2 atom stereocenters. The van der Waals surface area contributed by atoms with E-state index in [1.165, 1.54) is 0 Å². The molecule has 1 N–H and O–H groups in total. The van der Waals surface area contributed by atoms with Crippen molar-refractivity contribution in [2.45, 2.75) is 46.6 Å². The smallest absolute Gasteiger partial charge is 0.0876 e. The molecule has 2 heteroatoms. The lowest BCUT2D eigenvalue weighted by Gasteiger charge is -2.33. The van der Waals surface area contributed by atoms with Gasteiger partial charge in [0, 0.05) is 0 Å². The van der Waals surface area contributed by atoms with Crippen LogP contribution >= 0.6 is 0 Å². The zero-order chi connectivity index (χ0) is 10.8. The Labute approximate surface area is 87.0 Å². The summed E-state index contributed by atoms with van der Waals surface area (Å²) in [6.07, 6.45) is 3.40. The molecule has 0 spiro atoms. The van der Waals surface area contributed by atoms with Crippen molar-refractivity contribution in [2.24, 2.45) is 11.3 Å². The molecule has 0 amide bonds. The predicted molar refractivity (Wildman–Crippen MR) is 57.9 cm³/mol. The molecule has 0 aromatic carbocycles. The summed E-state index contributed by atoms with van der Waals surface area (Å²) >= 11 is 0. The van der Waals surface area contributed by atoms with Gasteiger partial charge in [-0.3, -0.25) is 0 Å².